The average molecular weight is 400 g/mol. The molecule has 1 aromatic rings. The van der Waals surface area contributed by atoms with E-state index in [1.807, 2.05) is 22.6 Å². The van der Waals surface area contributed by atoms with Crippen molar-refractivity contribution in [3.05, 3.63) is 27.6 Å². The van der Waals surface area contributed by atoms with Gasteiger partial charge in [-0.15, -0.1) is 0 Å². The zero-order valence-corrected chi connectivity index (χ0v) is 12.3. The van der Waals surface area contributed by atoms with E-state index in [4.69, 9.17) is 0 Å². The van der Waals surface area contributed by atoms with Crippen molar-refractivity contribution < 1.29 is 9.18 Å². The van der Waals surface area contributed by atoms with Gasteiger partial charge in [-0.05, 0) is 53.6 Å². The largest absolute Gasteiger partial charge is 0.325 e. The summed E-state index contributed by atoms with van der Waals surface area (Å²) in [5, 5.41) is 3.68. The van der Waals surface area contributed by atoms with Gasteiger partial charge >= 0.3 is 0 Å². The molecule has 0 fully saturated rings. The number of hydrogen-bond donors (Lipinski definition) is 1. The number of carbonyl (C=O) groups is 1. The molecule has 0 aliphatic rings. The van der Waals surface area contributed by atoms with Gasteiger partial charge < -0.3 is 5.32 Å². The maximum atomic E-state index is 12.8. The van der Waals surface area contributed by atoms with Crippen LogP contribution in [-0.4, -0.2) is 11.2 Å². The van der Waals surface area contributed by atoms with Crippen LogP contribution in [0.5, 0.6) is 0 Å². The van der Waals surface area contributed by atoms with Gasteiger partial charge in [0.15, 0.2) is 0 Å². The number of hydrogen-bond acceptors (Lipinski definition) is 1. The normalized spacial score (nSPS) is 10.2. The Morgan fingerprint density at radius 1 is 1.44 bits per heavy atom. The summed E-state index contributed by atoms with van der Waals surface area (Å²) in [5.41, 5.74) is 0.672. The SMILES string of the molecule is O=C(CCCCBr)Nc1ccc(F)cc1I. The van der Waals surface area contributed by atoms with Crippen LogP contribution in [0.4, 0.5) is 10.1 Å². The highest BCUT2D eigenvalue weighted by molar-refractivity contribution is 14.1. The Bertz CT molecular complexity index is 373. The second-order valence-corrected chi connectivity index (χ2v) is 5.27. The molecule has 0 atom stereocenters. The van der Waals surface area contributed by atoms with Crippen molar-refractivity contribution in [1.29, 1.82) is 0 Å². The molecule has 1 rings (SSSR count). The Morgan fingerprint density at radius 3 is 2.81 bits per heavy atom. The highest BCUT2D eigenvalue weighted by atomic mass is 127. The molecule has 0 heterocycles. The summed E-state index contributed by atoms with van der Waals surface area (Å²) in [7, 11) is 0. The van der Waals surface area contributed by atoms with Gasteiger partial charge in [0.2, 0.25) is 5.91 Å². The highest BCUT2D eigenvalue weighted by Crippen LogP contribution is 2.19. The van der Waals surface area contributed by atoms with E-state index in [1.54, 1.807) is 6.07 Å². The lowest BCUT2D eigenvalue weighted by Crippen LogP contribution is -2.12. The predicted octanol–water partition coefficient (Wildman–Crippen LogP) is 3.93. The Kier molecular flexibility index (Phi) is 6.26. The Labute approximate surface area is 116 Å². The molecule has 0 aromatic heterocycles. The number of nitrogens with one attached hydrogen (secondary N) is 1. The fourth-order valence-corrected chi connectivity index (χ4v) is 2.19. The van der Waals surface area contributed by atoms with E-state index >= 15 is 0 Å². The van der Waals surface area contributed by atoms with Crippen LogP contribution in [-0.2, 0) is 4.79 Å². The third-order valence-electron chi connectivity index (χ3n) is 1.99. The molecule has 88 valence electrons. The first-order valence-electron chi connectivity index (χ1n) is 4.94. The lowest BCUT2D eigenvalue weighted by molar-refractivity contribution is -0.116. The van der Waals surface area contributed by atoms with Crippen LogP contribution in [0.3, 0.4) is 0 Å². The molecule has 0 bridgehead atoms. The maximum Gasteiger partial charge on any atom is 0.224 e. The lowest BCUT2D eigenvalue weighted by Gasteiger charge is -2.06. The fourth-order valence-electron chi connectivity index (χ4n) is 1.18. The van der Waals surface area contributed by atoms with Crippen LogP contribution >= 0.6 is 38.5 Å². The van der Waals surface area contributed by atoms with Gasteiger partial charge in [0.1, 0.15) is 5.82 Å². The molecule has 0 unspecified atom stereocenters. The van der Waals surface area contributed by atoms with Gasteiger partial charge in [0.25, 0.3) is 0 Å². The third kappa shape index (κ3) is 4.78. The van der Waals surface area contributed by atoms with Crippen LogP contribution in [0.25, 0.3) is 0 Å². The number of rotatable bonds is 5. The van der Waals surface area contributed by atoms with Crippen molar-refractivity contribution in [2.75, 3.05) is 10.6 Å². The van der Waals surface area contributed by atoms with E-state index in [2.05, 4.69) is 21.2 Å². The minimum atomic E-state index is -0.290. The molecule has 1 N–H and O–H groups in total. The number of alkyl halides is 1. The fraction of sp³-hybridized carbons (Fsp3) is 0.364. The van der Waals surface area contributed by atoms with Crippen LogP contribution in [0.2, 0.25) is 0 Å². The minimum absolute atomic E-state index is 0.0227. The zero-order chi connectivity index (χ0) is 12.0. The van der Waals surface area contributed by atoms with Crippen molar-refractivity contribution in [2.24, 2.45) is 0 Å². The van der Waals surface area contributed by atoms with Gasteiger partial charge in [-0.1, -0.05) is 15.9 Å². The van der Waals surface area contributed by atoms with Crippen molar-refractivity contribution in [3.8, 4) is 0 Å². The summed E-state index contributed by atoms with van der Waals surface area (Å²) in [4.78, 5) is 11.5. The molecule has 1 aromatic carbocycles. The molecule has 1 amide bonds. The topological polar surface area (TPSA) is 29.1 Å². The van der Waals surface area contributed by atoms with Crippen molar-refractivity contribution >= 4 is 50.1 Å². The summed E-state index contributed by atoms with van der Waals surface area (Å²) in [6.07, 6.45) is 2.34. The number of unbranched alkanes of at least 4 members (excludes halogenated alkanes) is 1. The highest BCUT2D eigenvalue weighted by Gasteiger charge is 2.05. The smallest absolute Gasteiger partial charge is 0.224 e. The van der Waals surface area contributed by atoms with E-state index in [9.17, 15) is 9.18 Å². The molecule has 0 saturated heterocycles. The van der Waals surface area contributed by atoms with Gasteiger partial charge in [-0.25, -0.2) is 4.39 Å². The number of benzene rings is 1. The van der Waals surface area contributed by atoms with E-state index in [0.717, 1.165) is 18.2 Å². The quantitative estimate of drug-likeness (QED) is 0.453. The van der Waals surface area contributed by atoms with Crippen LogP contribution < -0.4 is 5.32 Å². The van der Waals surface area contributed by atoms with Crippen molar-refractivity contribution in [1.82, 2.24) is 0 Å². The third-order valence-corrected chi connectivity index (χ3v) is 3.45. The summed E-state index contributed by atoms with van der Waals surface area (Å²) >= 11 is 5.31. The molecule has 0 aliphatic heterocycles. The Balaban J connectivity index is 2.49. The molecular formula is C11H12BrFINO. The summed E-state index contributed by atoms with van der Waals surface area (Å²) in [6, 6.07) is 4.32. The molecular weight excluding hydrogens is 388 g/mol. The standard InChI is InChI=1S/C11H12BrFINO/c12-6-2-1-3-11(16)15-10-5-4-8(13)7-9(10)14/h4-5,7H,1-3,6H2,(H,15,16). The van der Waals surface area contributed by atoms with Gasteiger partial charge in [-0.3, -0.25) is 4.79 Å². The van der Waals surface area contributed by atoms with E-state index < -0.39 is 0 Å². The average Bonchev–Trinajstić information content (AvgIpc) is 2.23. The summed E-state index contributed by atoms with van der Waals surface area (Å²) in [5.74, 6) is -0.313. The second kappa shape index (κ2) is 7.21. The number of halogens is 3. The van der Waals surface area contributed by atoms with Crippen molar-refractivity contribution in [2.45, 2.75) is 19.3 Å². The molecule has 2 nitrogen and oxygen atoms in total. The molecule has 0 aliphatic carbocycles. The summed E-state index contributed by atoms with van der Waals surface area (Å²) in [6.45, 7) is 0. The summed E-state index contributed by atoms with van der Waals surface area (Å²) < 4.78 is 13.5. The second-order valence-electron chi connectivity index (χ2n) is 3.32. The van der Waals surface area contributed by atoms with Gasteiger partial charge in [0, 0.05) is 15.3 Å². The minimum Gasteiger partial charge on any atom is -0.325 e. The number of carbonyl (C=O) groups excluding carboxylic acids is 1. The van der Waals surface area contributed by atoms with E-state index in [1.165, 1.54) is 12.1 Å². The maximum absolute atomic E-state index is 12.8. The Morgan fingerprint density at radius 2 is 2.19 bits per heavy atom. The molecule has 5 heteroatoms. The zero-order valence-electron chi connectivity index (χ0n) is 8.60. The van der Waals surface area contributed by atoms with E-state index in [0.29, 0.717) is 15.7 Å². The monoisotopic (exact) mass is 399 g/mol. The first-order chi connectivity index (χ1) is 7.63. The first-order valence-corrected chi connectivity index (χ1v) is 7.14. The van der Waals surface area contributed by atoms with Gasteiger partial charge in [-0.2, -0.15) is 0 Å². The molecule has 0 saturated carbocycles. The number of amides is 1. The molecule has 16 heavy (non-hydrogen) atoms. The van der Waals surface area contributed by atoms with Crippen LogP contribution in [0.1, 0.15) is 19.3 Å². The van der Waals surface area contributed by atoms with E-state index in [-0.39, 0.29) is 11.7 Å². The van der Waals surface area contributed by atoms with Gasteiger partial charge in [0.05, 0.1) is 5.69 Å². The molecule has 0 radical (unpaired) electrons. The Hall–Kier alpha value is -0.170. The van der Waals surface area contributed by atoms with Crippen molar-refractivity contribution in [3.63, 3.8) is 0 Å². The first kappa shape index (κ1) is 13.9. The van der Waals surface area contributed by atoms with Crippen LogP contribution in [0, 0.1) is 9.39 Å². The lowest BCUT2D eigenvalue weighted by atomic mass is 10.2. The molecule has 0 spiro atoms. The van der Waals surface area contributed by atoms with Crippen LogP contribution in [0.15, 0.2) is 18.2 Å². The number of anilines is 1. The predicted molar refractivity (Wildman–Crippen MR) is 75.4 cm³/mol.